The van der Waals surface area contributed by atoms with Crippen LogP contribution in [0.15, 0.2) is 0 Å². The number of ketones is 1. The van der Waals surface area contributed by atoms with Crippen LogP contribution in [0.3, 0.4) is 0 Å². The minimum Gasteiger partial charge on any atom is -0.469 e. The van der Waals surface area contributed by atoms with Gasteiger partial charge in [0, 0.05) is 5.41 Å². The van der Waals surface area contributed by atoms with E-state index in [-0.39, 0.29) is 23.3 Å². The Balaban J connectivity index is 1.84. The molecular weight excluding hydrogens is 258 g/mol. The van der Waals surface area contributed by atoms with Crippen molar-refractivity contribution in [1.82, 2.24) is 9.97 Å². The Morgan fingerprint density at radius 3 is 2.20 bits per heavy atom. The van der Waals surface area contributed by atoms with Crippen LogP contribution in [-0.2, 0) is 9.53 Å². The smallest absolute Gasteiger partial charge is 0.311 e. The second-order valence-electron chi connectivity index (χ2n) is 6.04. The van der Waals surface area contributed by atoms with Gasteiger partial charge in [0.1, 0.15) is 5.69 Å². The van der Waals surface area contributed by atoms with Crippen molar-refractivity contribution in [3.05, 3.63) is 17.1 Å². The fourth-order valence-electron chi connectivity index (χ4n) is 3.50. The maximum atomic E-state index is 12.6. The molecule has 4 rings (SSSR count). The van der Waals surface area contributed by atoms with Gasteiger partial charge < -0.3 is 10.5 Å². The minimum atomic E-state index is -0.474. The highest BCUT2D eigenvalue weighted by molar-refractivity contribution is 6.06. The van der Waals surface area contributed by atoms with Crippen LogP contribution in [0.1, 0.15) is 41.1 Å². The summed E-state index contributed by atoms with van der Waals surface area (Å²) >= 11 is 0. The normalized spacial score (nSPS) is 30.1. The van der Waals surface area contributed by atoms with Gasteiger partial charge in [0.15, 0.2) is 11.6 Å². The fourth-order valence-corrected chi connectivity index (χ4v) is 3.50. The number of ether oxygens (including phenoxy) is 1. The summed E-state index contributed by atoms with van der Waals surface area (Å²) < 4.78 is 4.78. The average molecular weight is 275 g/mol. The number of aryl methyl sites for hydroxylation is 2. The molecule has 0 radical (unpaired) electrons. The Kier molecular flexibility index (Phi) is 2.46. The molecule has 106 valence electrons. The molecule has 0 aliphatic heterocycles. The summed E-state index contributed by atoms with van der Waals surface area (Å²) in [5.41, 5.74) is 6.58. The Morgan fingerprint density at radius 1 is 1.10 bits per heavy atom. The summed E-state index contributed by atoms with van der Waals surface area (Å²) in [4.78, 5) is 32.7. The van der Waals surface area contributed by atoms with E-state index in [2.05, 4.69) is 9.97 Å². The van der Waals surface area contributed by atoms with Crippen LogP contribution in [-0.4, -0.2) is 28.8 Å². The molecule has 1 heterocycles. The van der Waals surface area contributed by atoms with Gasteiger partial charge in [-0.05, 0) is 33.1 Å². The lowest BCUT2D eigenvalue weighted by Crippen LogP contribution is -2.68. The highest BCUT2D eigenvalue weighted by Gasteiger charge is 2.75. The lowest BCUT2D eigenvalue weighted by atomic mass is 9.34. The Hall–Kier alpha value is -1.98. The lowest BCUT2D eigenvalue weighted by molar-refractivity contribution is -0.207. The van der Waals surface area contributed by atoms with Crippen molar-refractivity contribution in [2.24, 2.45) is 10.8 Å². The van der Waals surface area contributed by atoms with Crippen LogP contribution in [0, 0.1) is 24.7 Å². The molecule has 3 fully saturated rings. The number of hydrogen-bond donors (Lipinski definition) is 1. The van der Waals surface area contributed by atoms with Crippen molar-refractivity contribution in [1.29, 1.82) is 0 Å². The minimum absolute atomic E-state index is 0.0867. The first kappa shape index (κ1) is 13.0. The quantitative estimate of drug-likeness (QED) is 0.658. The molecule has 2 bridgehead atoms. The van der Waals surface area contributed by atoms with E-state index in [1.165, 1.54) is 7.11 Å². The summed E-state index contributed by atoms with van der Waals surface area (Å²) in [5.74, 6) is -0.127. The molecule has 0 saturated heterocycles. The van der Waals surface area contributed by atoms with Gasteiger partial charge in [0.25, 0.3) is 0 Å². The third-order valence-corrected chi connectivity index (χ3v) is 4.68. The van der Waals surface area contributed by atoms with Crippen molar-refractivity contribution in [3.8, 4) is 0 Å². The molecule has 0 atom stereocenters. The van der Waals surface area contributed by atoms with E-state index in [0.717, 1.165) is 5.69 Å². The van der Waals surface area contributed by atoms with Gasteiger partial charge in [-0.1, -0.05) is 0 Å². The molecule has 6 nitrogen and oxygen atoms in total. The second kappa shape index (κ2) is 3.77. The van der Waals surface area contributed by atoms with Gasteiger partial charge in [0.05, 0.1) is 23.9 Å². The van der Waals surface area contributed by atoms with E-state index in [9.17, 15) is 9.59 Å². The van der Waals surface area contributed by atoms with E-state index in [1.807, 2.05) is 0 Å². The lowest BCUT2D eigenvalue weighted by Gasteiger charge is -2.67. The average Bonchev–Trinajstić information content (AvgIpc) is 2.29. The number of Topliss-reactive ketones (excluding diaryl/α,β-unsaturated/α-hetero) is 1. The number of nitrogens with zero attached hydrogens (tertiary/aromatic N) is 2. The summed E-state index contributed by atoms with van der Waals surface area (Å²) in [6, 6.07) is 0. The van der Waals surface area contributed by atoms with Gasteiger partial charge in [-0.25, -0.2) is 9.97 Å². The predicted molar refractivity (Wildman–Crippen MR) is 71.0 cm³/mol. The number of esters is 1. The summed E-state index contributed by atoms with van der Waals surface area (Å²) in [6.07, 6.45) is 1.62. The molecule has 3 saturated carbocycles. The largest absolute Gasteiger partial charge is 0.469 e. The highest BCUT2D eigenvalue weighted by atomic mass is 16.5. The first-order chi connectivity index (χ1) is 9.33. The van der Waals surface area contributed by atoms with Gasteiger partial charge in [0.2, 0.25) is 0 Å². The van der Waals surface area contributed by atoms with Crippen molar-refractivity contribution < 1.29 is 14.3 Å². The van der Waals surface area contributed by atoms with Gasteiger partial charge in [-0.2, -0.15) is 0 Å². The van der Waals surface area contributed by atoms with Crippen LogP contribution in [0.25, 0.3) is 0 Å². The third-order valence-electron chi connectivity index (χ3n) is 4.68. The number of methoxy groups -OCH3 is 1. The van der Waals surface area contributed by atoms with Crippen LogP contribution in [0.2, 0.25) is 0 Å². The molecule has 2 N–H and O–H groups in total. The number of nitrogen functional groups attached to an aromatic ring is 1. The van der Waals surface area contributed by atoms with Crippen molar-refractivity contribution in [2.75, 3.05) is 12.8 Å². The molecule has 1 aromatic rings. The van der Waals surface area contributed by atoms with E-state index >= 15 is 0 Å². The summed E-state index contributed by atoms with van der Waals surface area (Å²) in [5, 5.41) is 0. The van der Waals surface area contributed by atoms with Crippen molar-refractivity contribution in [3.63, 3.8) is 0 Å². The van der Waals surface area contributed by atoms with E-state index < -0.39 is 10.8 Å². The zero-order chi connectivity index (χ0) is 14.7. The molecule has 3 aliphatic carbocycles. The number of hydrogen-bond acceptors (Lipinski definition) is 6. The Bertz CT molecular complexity index is 619. The molecular formula is C14H17N3O3. The van der Waals surface area contributed by atoms with Gasteiger partial charge in [-0.15, -0.1) is 0 Å². The van der Waals surface area contributed by atoms with Crippen LogP contribution in [0.4, 0.5) is 5.82 Å². The monoisotopic (exact) mass is 275 g/mol. The number of rotatable bonds is 3. The fraction of sp³-hybridized carbons (Fsp3) is 0.571. The van der Waals surface area contributed by atoms with Crippen LogP contribution >= 0.6 is 0 Å². The maximum absolute atomic E-state index is 12.6. The highest BCUT2D eigenvalue weighted by Crippen LogP contribution is 2.74. The van der Waals surface area contributed by atoms with Crippen molar-refractivity contribution in [2.45, 2.75) is 33.1 Å². The van der Waals surface area contributed by atoms with Gasteiger partial charge >= 0.3 is 5.97 Å². The van der Waals surface area contributed by atoms with E-state index in [4.69, 9.17) is 10.5 Å². The third kappa shape index (κ3) is 1.44. The number of aromatic nitrogens is 2. The summed E-state index contributed by atoms with van der Waals surface area (Å²) in [7, 11) is 1.38. The molecule has 0 amide bonds. The number of anilines is 1. The Morgan fingerprint density at radius 2 is 1.65 bits per heavy atom. The van der Waals surface area contributed by atoms with Crippen LogP contribution < -0.4 is 5.73 Å². The topological polar surface area (TPSA) is 95.2 Å². The maximum Gasteiger partial charge on any atom is 0.311 e. The zero-order valence-corrected chi connectivity index (χ0v) is 11.8. The summed E-state index contributed by atoms with van der Waals surface area (Å²) in [6.45, 7) is 3.61. The molecule has 6 heteroatoms. The SMILES string of the molecule is COC(=O)C12CC(C(=O)c3nc(C)c(C)nc3N)(C1)C2. The second-order valence-corrected chi connectivity index (χ2v) is 6.04. The van der Waals surface area contributed by atoms with E-state index in [1.54, 1.807) is 13.8 Å². The first-order valence-electron chi connectivity index (χ1n) is 6.58. The number of carbonyl (C=O) groups is 2. The number of carbonyl (C=O) groups excluding carboxylic acids is 2. The molecule has 3 aliphatic rings. The van der Waals surface area contributed by atoms with Crippen molar-refractivity contribution >= 4 is 17.6 Å². The Labute approximate surface area is 116 Å². The molecule has 0 spiro atoms. The molecule has 0 aromatic carbocycles. The standard InChI is InChI=1S/C14H17N3O3/c1-7-8(2)17-11(15)9(16-7)10(18)13-4-14(5-13,6-13)12(19)20-3/h4-6H2,1-3H3,(H2,15,17). The van der Waals surface area contributed by atoms with E-state index in [0.29, 0.717) is 25.0 Å². The molecule has 20 heavy (non-hydrogen) atoms. The first-order valence-corrected chi connectivity index (χ1v) is 6.58. The molecule has 0 unspecified atom stereocenters. The zero-order valence-electron chi connectivity index (χ0n) is 11.8. The van der Waals surface area contributed by atoms with Gasteiger partial charge in [-0.3, -0.25) is 9.59 Å². The molecule has 1 aromatic heterocycles. The predicted octanol–water partition coefficient (Wildman–Crippen LogP) is 1.20. The number of nitrogens with two attached hydrogens (primary N) is 1. The van der Waals surface area contributed by atoms with Crippen LogP contribution in [0.5, 0.6) is 0 Å².